The zero-order chi connectivity index (χ0) is 22.9. The summed E-state index contributed by atoms with van der Waals surface area (Å²) in [4.78, 5) is 8.51. The first-order valence-corrected chi connectivity index (χ1v) is 10.7. The summed E-state index contributed by atoms with van der Waals surface area (Å²) in [6.07, 6.45) is 6.62. The van der Waals surface area contributed by atoms with E-state index in [0.29, 0.717) is 28.7 Å². The van der Waals surface area contributed by atoms with E-state index in [9.17, 15) is 9.65 Å². The fraction of sp³-hybridized carbons (Fsp3) is 0.304. The van der Waals surface area contributed by atoms with E-state index in [4.69, 9.17) is 4.74 Å². The largest absolute Gasteiger partial charge is 0.478 e. The third kappa shape index (κ3) is 3.87. The number of halogens is 1. The van der Waals surface area contributed by atoms with E-state index < -0.39 is 5.82 Å². The van der Waals surface area contributed by atoms with Gasteiger partial charge in [0.25, 0.3) is 5.88 Å². The monoisotopic (exact) mass is 446 g/mol. The number of rotatable bonds is 5. The predicted octanol–water partition coefficient (Wildman–Crippen LogP) is 3.69. The zero-order valence-corrected chi connectivity index (χ0v) is 18.3. The van der Waals surface area contributed by atoms with E-state index in [1.54, 1.807) is 36.1 Å². The number of hydrogen-bond acceptors (Lipinski definition) is 7. The Labute approximate surface area is 189 Å². The van der Waals surface area contributed by atoms with E-state index in [1.165, 1.54) is 0 Å². The normalized spacial score (nSPS) is 18.2. The number of anilines is 2. The smallest absolute Gasteiger partial charge is 0.256 e. The molecule has 4 heterocycles. The van der Waals surface area contributed by atoms with Gasteiger partial charge < -0.3 is 15.4 Å². The molecule has 2 atom stereocenters. The number of nitrogens with one attached hydrogen (secondary N) is 2. The quantitative estimate of drug-likeness (QED) is 0.482. The van der Waals surface area contributed by atoms with Crippen LogP contribution in [-0.2, 0) is 0 Å². The Morgan fingerprint density at radius 1 is 1.33 bits per heavy atom. The summed E-state index contributed by atoms with van der Waals surface area (Å²) in [6, 6.07) is 9.91. The average molecular weight is 446 g/mol. The first-order valence-electron chi connectivity index (χ1n) is 10.7. The Morgan fingerprint density at radius 2 is 2.21 bits per heavy atom. The summed E-state index contributed by atoms with van der Waals surface area (Å²) < 4.78 is 23.7. The lowest BCUT2D eigenvalue weighted by Gasteiger charge is -2.27. The maximum absolute atomic E-state index is 14.7. The van der Waals surface area contributed by atoms with Crippen LogP contribution in [0.15, 0.2) is 42.9 Å². The van der Waals surface area contributed by atoms with Crippen molar-refractivity contribution in [3.63, 3.8) is 0 Å². The Hall–Kier alpha value is -3.97. The lowest BCUT2D eigenvalue weighted by Crippen LogP contribution is -2.36. The third-order valence-corrected chi connectivity index (χ3v) is 5.92. The number of nitriles is 1. The molecule has 0 unspecified atom stereocenters. The number of piperidine rings is 1. The second-order valence-electron chi connectivity index (χ2n) is 8.09. The zero-order valence-electron chi connectivity index (χ0n) is 18.3. The third-order valence-electron chi connectivity index (χ3n) is 5.92. The molecule has 9 nitrogen and oxygen atoms in total. The number of fused-ring (bicyclic) bond motifs is 1. The van der Waals surface area contributed by atoms with Gasteiger partial charge in [0, 0.05) is 17.6 Å². The number of methoxy groups -OCH3 is 1. The van der Waals surface area contributed by atoms with E-state index in [2.05, 4.69) is 38.7 Å². The number of nitrogens with zero attached hydrogens (tertiary/aromatic N) is 6. The highest BCUT2D eigenvalue weighted by Crippen LogP contribution is 2.30. The van der Waals surface area contributed by atoms with Crippen LogP contribution in [0, 0.1) is 17.1 Å². The van der Waals surface area contributed by atoms with Crippen LogP contribution in [0.5, 0.6) is 5.88 Å². The summed E-state index contributed by atoms with van der Waals surface area (Å²) in [6.45, 7) is 3.09. The van der Waals surface area contributed by atoms with Gasteiger partial charge in [0.2, 0.25) is 5.95 Å². The molecule has 5 rings (SSSR count). The molecule has 33 heavy (non-hydrogen) atoms. The number of ether oxygens (including phenoxy) is 1. The van der Waals surface area contributed by atoms with Crippen LogP contribution in [-0.4, -0.2) is 44.0 Å². The van der Waals surface area contributed by atoms with Gasteiger partial charge in [-0.05, 0) is 44.5 Å². The highest BCUT2D eigenvalue weighted by Gasteiger charge is 2.23. The Balaban J connectivity index is 1.48. The van der Waals surface area contributed by atoms with Crippen molar-refractivity contribution in [1.82, 2.24) is 29.6 Å². The van der Waals surface area contributed by atoms with Crippen molar-refractivity contribution in [2.75, 3.05) is 19.0 Å². The van der Waals surface area contributed by atoms with Gasteiger partial charge in [-0.2, -0.15) is 10.2 Å². The summed E-state index contributed by atoms with van der Waals surface area (Å²) in [5.74, 6) is 0.129. The summed E-state index contributed by atoms with van der Waals surface area (Å²) in [5, 5.41) is 21.2. The molecule has 0 spiro atoms. The molecule has 0 amide bonds. The van der Waals surface area contributed by atoms with Gasteiger partial charge in [-0.25, -0.2) is 9.37 Å². The highest BCUT2D eigenvalue weighted by molar-refractivity contribution is 5.87. The first kappa shape index (κ1) is 20.9. The predicted molar refractivity (Wildman–Crippen MR) is 121 cm³/mol. The topological polar surface area (TPSA) is 106 Å². The number of benzene rings is 1. The average Bonchev–Trinajstić information content (AvgIpc) is 3.44. The molecule has 4 aromatic rings. The first-order chi connectivity index (χ1) is 16.1. The van der Waals surface area contributed by atoms with Gasteiger partial charge in [0.15, 0.2) is 11.6 Å². The van der Waals surface area contributed by atoms with Crippen LogP contribution < -0.4 is 15.4 Å². The minimum atomic E-state index is -0.577. The molecule has 1 saturated heterocycles. The molecular weight excluding hydrogens is 423 g/mol. The van der Waals surface area contributed by atoms with E-state index in [1.807, 2.05) is 16.9 Å². The minimum absolute atomic E-state index is 0.0797. The van der Waals surface area contributed by atoms with Crippen molar-refractivity contribution in [2.45, 2.75) is 31.8 Å². The molecule has 10 heteroatoms. The molecular formula is C23H23FN8O. The molecule has 1 aliphatic rings. The lowest BCUT2D eigenvalue weighted by molar-refractivity contribution is 0.287. The summed E-state index contributed by atoms with van der Waals surface area (Å²) in [5.41, 5.74) is 1.80. The molecule has 1 fully saturated rings. The lowest BCUT2D eigenvalue weighted by atomic mass is 10.0. The van der Waals surface area contributed by atoms with Crippen molar-refractivity contribution in [3.05, 3.63) is 54.2 Å². The van der Waals surface area contributed by atoms with Crippen LogP contribution >= 0.6 is 0 Å². The Bertz CT molecular complexity index is 1350. The van der Waals surface area contributed by atoms with Crippen molar-refractivity contribution in [3.8, 4) is 17.8 Å². The minimum Gasteiger partial charge on any atom is -0.478 e. The van der Waals surface area contributed by atoms with Crippen molar-refractivity contribution in [1.29, 1.82) is 5.26 Å². The van der Waals surface area contributed by atoms with Gasteiger partial charge in [-0.15, -0.1) is 5.10 Å². The second-order valence-corrected chi connectivity index (χ2v) is 8.09. The molecule has 1 aromatic carbocycles. The fourth-order valence-electron chi connectivity index (χ4n) is 4.30. The van der Waals surface area contributed by atoms with Gasteiger partial charge >= 0.3 is 0 Å². The molecule has 0 saturated carbocycles. The van der Waals surface area contributed by atoms with E-state index in [-0.39, 0.29) is 17.8 Å². The number of hydrogen-bond donors (Lipinski definition) is 2. The summed E-state index contributed by atoms with van der Waals surface area (Å²) >= 11 is 0. The van der Waals surface area contributed by atoms with Gasteiger partial charge in [-0.3, -0.25) is 9.25 Å². The van der Waals surface area contributed by atoms with Crippen LogP contribution in [0.3, 0.4) is 0 Å². The fourth-order valence-corrected chi connectivity index (χ4v) is 4.30. The number of aromatic nitrogens is 5. The van der Waals surface area contributed by atoms with Gasteiger partial charge in [0.1, 0.15) is 5.69 Å². The standard InChI is InChI=1S/C23H23FN8O/c1-14-10-16(6-8-26-14)32-13-19(22(30-32)33-2)28-23-27-12-18(24)21(29-23)31-9-7-17-15(11-25)4-3-5-20(17)31/h3-5,7,9,12-14,16,26H,6,8,10H2,1-2H3,(H,27,28,29)/t14-,16+/m1/s1. The van der Waals surface area contributed by atoms with E-state index in [0.717, 1.165) is 31.0 Å². The van der Waals surface area contributed by atoms with Gasteiger partial charge in [-0.1, -0.05) is 6.07 Å². The van der Waals surface area contributed by atoms with Crippen LogP contribution in [0.1, 0.15) is 31.4 Å². The van der Waals surface area contributed by atoms with Gasteiger partial charge in [0.05, 0.1) is 42.7 Å². The molecule has 3 aromatic heterocycles. The van der Waals surface area contributed by atoms with Crippen LogP contribution in [0.2, 0.25) is 0 Å². The maximum atomic E-state index is 14.7. The van der Waals surface area contributed by atoms with Crippen molar-refractivity contribution in [2.24, 2.45) is 0 Å². The van der Waals surface area contributed by atoms with E-state index >= 15 is 0 Å². The summed E-state index contributed by atoms with van der Waals surface area (Å²) in [7, 11) is 1.55. The van der Waals surface area contributed by atoms with Crippen molar-refractivity contribution >= 4 is 22.5 Å². The second kappa shape index (κ2) is 8.52. The molecule has 0 bridgehead atoms. The Kier molecular flexibility index (Phi) is 5.40. The maximum Gasteiger partial charge on any atom is 0.256 e. The molecule has 0 radical (unpaired) electrons. The SMILES string of the molecule is COc1nn([C@H]2CCN[C@H](C)C2)cc1Nc1ncc(F)c(-n2ccc3c(C#N)cccc32)n1. The molecule has 168 valence electrons. The highest BCUT2D eigenvalue weighted by atomic mass is 19.1. The molecule has 2 N–H and O–H groups in total. The van der Waals surface area contributed by atoms with Crippen LogP contribution in [0.25, 0.3) is 16.7 Å². The van der Waals surface area contributed by atoms with Crippen molar-refractivity contribution < 1.29 is 9.13 Å². The molecule has 0 aliphatic carbocycles. The molecule has 1 aliphatic heterocycles. The van der Waals surface area contributed by atoms with Crippen LogP contribution in [0.4, 0.5) is 16.0 Å². The Morgan fingerprint density at radius 3 is 3.00 bits per heavy atom.